The zero-order chi connectivity index (χ0) is 17.3. The van der Waals surface area contributed by atoms with Gasteiger partial charge in [0.1, 0.15) is 11.9 Å². The Morgan fingerprint density at radius 3 is 2.88 bits per heavy atom. The number of fused-ring (bicyclic) bond motifs is 1. The largest absolute Gasteiger partial charge is 0.366 e. The number of nitrogens with zero attached hydrogens (tertiary/aromatic N) is 4. The van der Waals surface area contributed by atoms with Gasteiger partial charge in [0.15, 0.2) is 0 Å². The number of aromatic nitrogens is 2. The maximum absolute atomic E-state index is 12.7. The number of ether oxygens (including phenoxy) is 1. The molecule has 1 atom stereocenters. The molecule has 2 aromatic rings. The van der Waals surface area contributed by atoms with E-state index in [1.807, 2.05) is 42.9 Å². The average molecular weight is 330 g/mol. The van der Waals surface area contributed by atoms with E-state index in [-0.39, 0.29) is 12.0 Å². The van der Waals surface area contributed by atoms with Gasteiger partial charge in [0, 0.05) is 33.2 Å². The van der Waals surface area contributed by atoms with Crippen molar-refractivity contribution in [3.05, 3.63) is 30.1 Å². The molecule has 3 rings (SSSR count). The molecule has 0 spiro atoms. The van der Waals surface area contributed by atoms with Crippen molar-refractivity contribution in [1.82, 2.24) is 19.4 Å². The number of para-hydroxylation sites is 2. The molecule has 1 aromatic carbocycles. The molecule has 0 radical (unpaired) electrons. The van der Waals surface area contributed by atoms with Crippen LogP contribution < -0.4 is 0 Å². The fourth-order valence-electron chi connectivity index (χ4n) is 3.16. The minimum atomic E-state index is -0.388. The van der Waals surface area contributed by atoms with E-state index in [4.69, 9.17) is 4.74 Å². The van der Waals surface area contributed by atoms with Gasteiger partial charge >= 0.3 is 0 Å². The van der Waals surface area contributed by atoms with E-state index >= 15 is 0 Å². The number of hydrogen-bond donors (Lipinski definition) is 0. The van der Waals surface area contributed by atoms with E-state index in [1.165, 1.54) is 0 Å². The number of likely N-dealkylation sites (N-methyl/N-ethyl adjacent to an activating group) is 1. The van der Waals surface area contributed by atoms with Crippen molar-refractivity contribution in [1.29, 1.82) is 0 Å². The van der Waals surface area contributed by atoms with E-state index in [0.29, 0.717) is 25.7 Å². The number of carbonyl (C=O) groups is 1. The Hall–Kier alpha value is -1.92. The van der Waals surface area contributed by atoms with Gasteiger partial charge in [0.2, 0.25) is 0 Å². The van der Waals surface area contributed by atoms with Gasteiger partial charge in [0.25, 0.3) is 5.91 Å². The number of carbonyl (C=O) groups excluding carboxylic acids is 1. The fraction of sp³-hybridized carbons (Fsp3) is 0.556. The number of morpholine rings is 1. The smallest absolute Gasteiger partial charge is 0.253 e. The minimum absolute atomic E-state index is 0.0207. The number of hydrogen-bond acceptors (Lipinski definition) is 4. The molecule has 24 heavy (non-hydrogen) atoms. The van der Waals surface area contributed by atoms with Crippen LogP contribution in [-0.4, -0.2) is 64.1 Å². The van der Waals surface area contributed by atoms with E-state index in [2.05, 4.69) is 23.7 Å². The molecular formula is C18H26N4O2. The molecule has 0 unspecified atom stereocenters. The summed E-state index contributed by atoms with van der Waals surface area (Å²) in [5.41, 5.74) is 2.03. The molecule has 2 heterocycles. The first kappa shape index (κ1) is 16.9. The van der Waals surface area contributed by atoms with Crippen molar-refractivity contribution in [2.24, 2.45) is 7.05 Å². The summed E-state index contributed by atoms with van der Waals surface area (Å²) in [5, 5.41) is 0. The molecule has 1 aromatic heterocycles. The number of imidazole rings is 1. The van der Waals surface area contributed by atoms with Crippen LogP contribution in [0.5, 0.6) is 0 Å². The van der Waals surface area contributed by atoms with Crippen molar-refractivity contribution in [2.75, 3.05) is 26.7 Å². The second kappa shape index (κ2) is 6.91. The van der Waals surface area contributed by atoms with E-state index in [9.17, 15) is 4.79 Å². The number of rotatable bonds is 4. The van der Waals surface area contributed by atoms with Crippen LogP contribution in [0.1, 0.15) is 19.7 Å². The summed E-state index contributed by atoms with van der Waals surface area (Å²) in [4.78, 5) is 21.4. The summed E-state index contributed by atoms with van der Waals surface area (Å²) in [6, 6.07) is 8.43. The molecule has 6 heteroatoms. The van der Waals surface area contributed by atoms with Crippen LogP contribution in [0.3, 0.4) is 0 Å². The molecule has 0 bridgehead atoms. The molecule has 1 saturated heterocycles. The van der Waals surface area contributed by atoms with Crippen LogP contribution >= 0.6 is 0 Å². The lowest BCUT2D eigenvalue weighted by atomic mass is 10.2. The highest BCUT2D eigenvalue weighted by molar-refractivity contribution is 5.81. The Bertz CT molecular complexity index is 725. The number of benzene rings is 1. The molecule has 1 aliphatic heterocycles. The SMILES string of the molecule is CC(C)N1CCO[C@H](C(=O)N(C)Cc2nc3ccccc3n2C)C1. The average Bonchev–Trinajstić information content (AvgIpc) is 2.90. The van der Waals surface area contributed by atoms with Gasteiger partial charge in [-0.3, -0.25) is 9.69 Å². The molecular weight excluding hydrogens is 304 g/mol. The lowest BCUT2D eigenvalue weighted by Gasteiger charge is -2.36. The molecule has 0 aliphatic carbocycles. The zero-order valence-electron chi connectivity index (χ0n) is 14.9. The first-order valence-corrected chi connectivity index (χ1v) is 8.48. The molecule has 1 aliphatic rings. The molecule has 130 valence electrons. The Labute approximate surface area is 143 Å². The van der Waals surface area contributed by atoms with Crippen LogP contribution in [0.2, 0.25) is 0 Å². The first-order chi connectivity index (χ1) is 11.5. The minimum Gasteiger partial charge on any atom is -0.366 e. The van der Waals surface area contributed by atoms with Crippen molar-refractivity contribution in [2.45, 2.75) is 32.5 Å². The highest BCUT2D eigenvalue weighted by atomic mass is 16.5. The summed E-state index contributed by atoms with van der Waals surface area (Å²) >= 11 is 0. The fourth-order valence-corrected chi connectivity index (χ4v) is 3.16. The zero-order valence-corrected chi connectivity index (χ0v) is 14.9. The maximum Gasteiger partial charge on any atom is 0.253 e. The van der Waals surface area contributed by atoms with Crippen molar-refractivity contribution in [3.63, 3.8) is 0 Å². The van der Waals surface area contributed by atoms with Gasteiger partial charge in [0.05, 0.1) is 24.2 Å². The second-order valence-electron chi connectivity index (χ2n) is 6.72. The van der Waals surface area contributed by atoms with E-state index in [1.54, 1.807) is 4.90 Å². The summed E-state index contributed by atoms with van der Waals surface area (Å²) in [6.45, 7) is 6.92. The molecule has 6 nitrogen and oxygen atoms in total. The second-order valence-corrected chi connectivity index (χ2v) is 6.72. The normalized spacial score (nSPS) is 19.1. The quantitative estimate of drug-likeness (QED) is 0.855. The predicted molar refractivity (Wildman–Crippen MR) is 93.6 cm³/mol. The maximum atomic E-state index is 12.7. The van der Waals surface area contributed by atoms with E-state index < -0.39 is 0 Å². The van der Waals surface area contributed by atoms with Crippen molar-refractivity contribution in [3.8, 4) is 0 Å². The first-order valence-electron chi connectivity index (χ1n) is 8.48. The van der Waals surface area contributed by atoms with E-state index in [0.717, 1.165) is 23.4 Å². The highest BCUT2D eigenvalue weighted by Gasteiger charge is 2.30. The summed E-state index contributed by atoms with van der Waals surface area (Å²) in [5.74, 6) is 0.899. The van der Waals surface area contributed by atoms with Crippen LogP contribution in [0, 0.1) is 0 Å². The van der Waals surface area contributed by atoms with Crippen molar-refractivity contribution < 1.29 is 9.53 Å². The predicted octanol–water partition coefficient (Wildman–Crippen LogP) is 1.64. The Morgan fingerprint density at radius 1 is 1.42 bits per heavy atom. The third-order valence-electron chi connectivity index (χ3n) is 4.74. The van der Waals surface area contributed by atoms with Crippen LogP contribution in [0.4, 0.5) is 0 Å². The van der Waals surface area contributed by atoms with Gasteiger partial charge in [-0.15, -0.1) is 0 Å². The van der Waals surface area contributed by atoms with Crippen molar-refractivity contribution >= 4 is 16.9 Å². The van der Waals surface area contributed by atoms with Gasteiger partial charge in [-0.2, -0.15) is 0 Å². The number of amides is 1. The Balaban J connectivity index is 1.70. The van der Waals surface area contributed by atoms with Crippen LogP contribution in [0.15, 0.2) is 24.3 Å². The number of aryl methyl sites for hydroxylation is 1. The molecule has 1 amide bonds. The monoisotopic (exact) mass is 330 g/mol. The lowest BCUT2D eigenvalue weighted by Crippen LogP contribution is -2.51. The summed E-state index contributed by atoms with van der Waals surface area (Å²) in [6.07, 6.45) is -0.388. The lowest BCUT2D eigenvalue weighted by molar-refractivity contribution is -0.149. The standard InChI is InChI=1S/C18H26N4O2/c1-13(2)22-9-10-24-16(11-22)18(23)20(3)12-17-19-14-7-5-6-8-15(14)21(17)4/h5-8,13,16H,9-12H2,1-4H3/t16-/m0/s1. The summed E-state index contributed by atoms with van der Waals surface area (Å²) in [7, 11) is 3.81. The van der Waals surface area contributed by atoms with Gasteiger partial charge in [-0.25, -0.2) is 4.98 Å². The topological polar surface area (TPSA) is 50.6 Å². The summed E-state index contributed by atoms with van der Waals surface area (Å²) < 4.78 is 7.75. The molecule has 0 saturated carbocycles. The van der Waals surface area contributed by atoms with Crippen LogP contribution in [-0.2, 0) is 23.1 Å². The Kier molecular flexibility index (Phi) is 4.87. The van der Waals surface area contributed by atoms with Gasteiger partial charge in [-0.1, -0.05) is 12.1 Å². The Morgan fingerprint density at radius 2 is 2.17 bits per heavy atom. The highest BCUT2D eigenvalue weighted by Crippen LogP contribution is 2.16. The van der Waals surface area contributed by atoms with Gasteiger partial charge < -0.3 is 14.2 Å². The molecule has 0 N–H and O–H groups in total. The third-order valence-corrected chi connectivity index (χ3v) is 4.74. The molecule has 1 fully saturated rings. The third kappa shape index (κ3) is 3.30. The van der Waals surface area contributed by atoms with Gasteiger partial charge in [-0.05, 0) is 26.0 Å². The van der Waals surface area contributed by atoms with Crippen LogP contribution in [0.25, 0.3) is 11.0 Å².